The standard InChI is InChI=1S/C23H22BrF3N4O3/c1-31(10-11-33-13-14-6-7-14)18-9-8-15(12-28-18)29-21(32)19-20(23(25,26)27)34-22(30-19)16-4-2-3-5-17(16)24/h2-5,8-9,12,14H,6-7,10-11,13H2,1H3,(H,29,32). The van der Waals surface area contributed by atoms with Gasteiger partial charge in [-0.1, -0.05) is 12.1 Å². The van der Waals surface area contributed by atoms with E-state index in [9.17, 15) is 18.0 Å². The van der Waals surface area contributed by atoms with Crippen LogP contribution < -0.4 is 10.2 Å². The van der Waals surface area contributed by atoms with Crippen LogP contribution in [0.25, 0.3) is 11.5 Å². The molecule has 180 valence electrons. The Labute approximate surface area is 202 Å². The lowest BCUT2D eigenvalue weighted by Gasteiger charge is -2.18. The van der Waals surface area contributed by atoms with Crippen LogP contribution in [0.5, 0.6) is 0 Å². The monoisotopic (exact) mass is 538 g/mol. The highest BCUT2D eigenvalue weighted by molar-refractivity contribution is 9.10. The average molecular weight is 539 g/mol. The molecule has 2 aromatic heterocycles. The fraction of sp³-hybridized carbons (Fsp3) is 0.348. The van der Waals surface area contributed by atoms with Crippen molar-refractivity contribution in [3.05, 3.63) is 58.5 Å². The number of aromatic nitrogens is 2. The largest absolute Gasteiger partial charge is 0.452 e. The Balaban J connectivity index is 1.45. The van der Waals surface area contributed by atoms with Crippen molar-refractivity contribution >= 4 is 33.3 Å². The number of likely N-dealkylation sites (N-methyl/N-ethyl adjacent to an activating group) is 1. The third-order valence-corrected chi connectivity index (χ3v) is 5.91. The highest BCUT2D eigenvalue weighted by Crippen LogP contribution is 2.37. The summed E-state index contributed by atoms with van der Waals surface area (Å²) < 4.78 is 51.7. The summed E-state index contributed by atoms with van der Waals surface area (Å²) in [6, 6.07) is 9.72. The molecule has 0 atom stereocenters. The van der Waals surface area contributed by atoms with Gasteiger partial charge in [0.1, 0.15) is 5.82 Å². The van der Waals surface area contributed by atoms with Crippen LogP contribution in [0.1, 0.15) is 29.1 Å². The van der Waals surface area contributed by atoms with Crippen LogP contribution >= 0.6 is 15.9 Å². The first-order valence-electron chi connectivity index (χ1n) is 10.6. The third-order valence-electron chi connectivity index (χ3n) is 5.22. The van der Waals surface area contributed by atoms with Crippen molar-refractivity contribution < 1.29 is 27.1 Å². The van der Waals surface area contributed by atoms with Gasteiger partial charge in [-0.25, -0.2) is 9.97 Å². The molecule has 11 heteroatoms. The molecule has 0 bridgehead atoms. The molecule has 2 heterocycles. The number of carbonyl (C=O) groups excluding carboxylic acids is 1. The van der Waals surface area contributed by atoms with Crippen LogP contribution in [0.4, 0.5) is 24.7 Å². The lowest BCUT2D eigenvalue weighted by atomic mass is 10.2. The number of oxazole rings is 1. The van der Waals surface area contributed by atoms with Gasteiger partial charge in [-0.3, -0.25) is 4.79 Å². The van der Waals surface area contributed by atoms with Gasteiger partial charge in [-0.05, 0) is 59.0 Å². The third kappa shape index (κ3) is 5.95. The second-order valence-electron chi connectivity index (χ2n) is 7.97. The normalized spacial score (nSPS) is 13.7. The van der Waals surface area contributed by atoms with Gasteiger partial charge in [0, 0.05) is 24.7 Å². The van der Waals surface area contributed by atoms with Gasteiger partial charge in [0.05, 0.1) is 24.1 Å². The highest BCUT2D eigenvalue weighted by Gasteiger charge is 2.42. The summed E-state index contributed by atoms with van der Waals surface area (Å²) in [4.78, 5) is 22.7. The number of hydrogen-bond donors (Lipinski definition) is 1. The van der Waals surface area contributed by atoms with Gasteiger partial charge in [-0.2, -0.15) is 13.2 Å². The minimum Gasteiger partial charge on any atom is -0.431 e. The van der Waals surface area contributed by atoms with E-state index < -0.39 is 23.5 Å². The summed E-state index contributed by atoms with van der Waals surface area (Å²) in [5, 5.41) is 2.41. The Morgan fingerprint density at radius 3 is 2.68 bits per heavy atom. The van der Waals surface area contributed by atoms with E-state index in [0.717, 1.165) is 6.61 Å². The van der Waals surface area contributed by atoms with Crippen molar-refractivity contribution in [1.29, 1.82) is 0 Å². The number of hydrogen-bond acceptors (Lipinski definition) is 6. The highest BCUT2D eigenvalue weighted by atomic mass is 79.9. The van der Waals surface area contributed by atoms with Crippen molar-refractivity contribution in [3.8, 4) is 11.5 Å². The molecule has 1 aliphatic carbocycles. The predicted molar refractivity (Wildman–Crippen MR) is 124 cm³/mol. The maximum absolute atomic E-state index is 13.5. The zero-order valence-corrected chi connectivity index (χ0v) is 19.8. The Bertz CT molecular complexity index is 1150. The first kappa shape index (κ1) is 24.2. The Hall–Kier alpha value is -2.92. The van der Waals surface area contributed by atoms with E-state index in [1.807, 2.05) is 11.9 Å². The first-order chi connectivity index (χ1) is 16.2. The molecular formula is C23H22BrF3N4O3. The summed E-state index contributed by atoms with van der Waals surface area (Å²) >= 11 is 3.25. The maximum Gasteiger partial charge on any atom is 0.452 e. The van der Waals surface area contributed by atoms with Crippen LogP contribution in [0.3, 0.4) is 0 Å². The zero-order chi connectivity index (χ0) is 24.3. The van der Waals surface area contributed by atoms with E-state index in [0.29, 0.717) is 34.9 Å². The molecule has 3 aromatic rings. The molecule has 1 saturated carbocycles. The van der Waals surface area contributed by atoms with Crippen molar-refractivity contribution in [2.24, 2.45) is 5.92 Å². The Morgan fingerprint density at radius 1 is 1.26 bits per heavy atom. The van der Waals surface area contributed by atoms with E-state index in [-0.39, 0.29) is 11.6 Å². The van der Waals surface area contributed by atoms with E-state index in [2.05, 4.69) is 31.2 Å². The van der Waals surface area contributed by atoms with Crippen molar-refractivity contribution in [1.82, 2.24) is 9.97 Å². The number of alkyl halides is 3. The van der Waals surface area contributed by atoms with E-state index >= 15 is 0 Å². The van der Waals surface area contributed by atoms with Crippen molar-refractivity contribution in [3.63, 3.8) is 0 Å². The van der Waals surface area contributed by atoms with Crippen LogP contribution in [0, 0.1) is 5.92 Å². The molecule has 7 nitrogen and oxygen atoms in total. The molecule has 1 fully saturated rings. The molecule has 1 amide bonds. The lowest BCUT2D eigenvalue weighted by Crippen LogP contribution is -2.24. The number of anilines is 2. The summed E-state index contributed by atoms with van der Waals surface area (Å²) in [6.45, 7) is 1.98. The second kappa shape index (κ2) is 10.1. The number of benzene rings is 1. The van der Waals surface area contributed by atoms with E-state index in [1.54, 1.807) is 30.3 Å². The molecule has 0 radical (unpaired) electrons. The van der Waals surface area contributed by atoms with Crippen molar-refractivity contribution in [2.75, 3.05) is 37.0 Å². The first-order valence-corrected chi connectivity index (χ1v) is 11.4. The fourth-order valence-corrected chi connectivity index (χ4v) is 3.60. The SMILES string of the molecule is CN(CCOCC1CC1)c1ccc(NC(=O)c2nc(-c3ccccc3Br)oc2C(F)(F)F)cn1. The van der Waals surface area contributed by atoms with Crippen LogP contribution in [0.15, 0.2) is 51.5 Å². The summed E-state index contributed by atoms with van der Waals surface area (Å²) in [7, 11) is 1.86. The molecule has 0 saturated heterocycles. The van der Waals surface area contributed by atoms with E-state index in [4.69, 9.17) is 9.15 Å². The number of rotatable bonds is 9. The summed E-state index contributed by atoms with van der Waals surface area (Å²) in [6.07, 6.45) is -1.06. The minimum atomic E-state index is -4.90. The number of pyridine rings is 1. The molecule has 0 aliphatic heterocycles. The Morgan fingerprint density at radius 2 is 2.03 bits per heavy atom. The molecule has 0 unspecified atom stereocenters. The van der Waals surface area contributed by atoms with Gasteiger partial charge in [0.25, 0.3) is 5.91 Å². The number of amides is 1. The van der Waals surface area contributed by atoms with Gasteiger partial charge in [-0.15, -0.1) is 0 Å². The smallest absolute Gasteiger partial charge is 0.431 e. The molecule has 34 heavy (non-hydrogen) atoms. The van der Waals surface area contributed by atoms with Crippen molar-refractivity contribution in [2.45, 2.75) is 19.0 Å². The lowest BCUT2D eigenvalue weighted by molar-refractivity contribution is -0.153. The maximum atomic E-state index is 13.5. The van der Waals surface area contributed by atoms with Gasteiger partial charge >= 0.3 is 6.18 Å². The number of nitrogens with one attached hydrogen (secondary N) is 1. The zero-order valence-electron chi connectivity index (χ0n) is 18.2. The predicted octanol–water partition coefficient (Wildman–Crippen LogP) is 5.63. The van der Waals surface area contributed by atoms with Gasteiger partial charge in [0.15, 0.2) is 5.69 Å². The van der Waals surface area contributed by atoms with Crippen LogP contribution in [0.2, 0.25) is 0 Å². The molecule has 1 aromatic carbocycles. The van der Waals surface area contributed by atoms with Crippen LogP contribution in [-0.4, -0.2) is 42.7 Å². The molecule has 4 rings (SSSR count). The quantitative estimate of drug-likeness (QED) is 0.355. The molecule has 1 N–H and O–H groups in total. The molecule has 1 aliphatic rings. The summed E-state index contributed by atoms with van der Waals surface area (Å²) in [5.41, 5.74) is -0.333. The minimum absolute atomic E-state index is 0.227. The average Bonchev–Trinajstić information content (AvgIpc) is 3.51. The number of halogens is 4. The molecule has 0 spiro atoms. The van der Waals surface area contributed by atoms with Crippen LogP contribution in [-0.2, 0) is 10.9 Å². The van der Waals surface area contributed by atoms with Gasteiger partial charge in [0.2, 0.25) is 11.7 Å². The Kier molecular flexibility index (Phi) is 7.22. The molecular weight excluding hydrogens is 517 g/mol. The number of nitrogens with zero attached hydrogens (tertiary/aromatic N) is 3. The van der Waals surface area contributed by atoms with Gasteiger partial charge < -0.3 is 19.4 Å². The topological polar surface area (TPSA) is 80.5 Å². The second-order valence-corrected chi connectivity index (χ2v) is 8.83. The summed E-state index contributed by atoms with van der Waals surface area (Å²) in [5.74, 6) is -1.50. The van der Waals surface area contributed by atoms with E-state index in [1.165, 1.54) is 25.1 Å². The fourth-order valence-electron chi connectivity index (χ4n) is 3.14. The number of carbonyl (C=O) groups is 1. The number of ether oxygens (including phenoxy) is 1.